The minimum Gasteiger partial charge on any atom is -0.336 e. The zero-order valence-corrected chi connectivity index (χ0v) is 21.0. The van der Waals surface area contributed by atoms with E-state index in [9.17, 15) is 9.18 Å². The molecule has 198 valence electrons. The molecule has 0 bridgehead atoms. The van der Waals surface area contributed by atoms with Gasteiger partial charge in [-0.1, -0.05) is 18.6 Å². The molecule has 11 heteroatoms. The van der Waals surface area contributed by atoms with Crippen molar-refractivity contribution in [1.82, 2.24) is 30.3 Å². The lowest BCUT2D eigenvalue weighted by Crippen LogP contribution is -2.28. The summed E-state index contributed by atoms with van der Waals surface area (Å²) in [4.78, 5) is 33.3. The fourth-order valence-corrected chi connectivity index (χ4v) is 4.95. The maximum absolute atomic E-state index is 16.2. The van der Waals surface area contributed by atoms with E-state index in [2.05, 4.69) is 41.1 Å². The quantitative estimate of drug-likeness (QED) is 0.237. The Hall–Kier alpha value is -5.19. The van der Waals surface area contributed by atoms with Gasteiger partial charge < -0.3 is 15.7 Å². The molecule has 4 aromatic heterocycles. The second kappa shape index (κ2) is 9.53. The van der Waals surface area contributed by atoms with Crippen LogP contribution in [-0.4, -0.2) is 30.8 Å². The van der Waals surface area contributed by atoms with E-state index >= 15 is 4.39 Å². The van der Waals surface area contributed by atoms with E-state index in [1.807, 2.05) is 6.07 Å². The van der Waals surface area contributed by atoms with Crippen LogP contribution in [0.2, 0.25) is 0 Å². The Kier molecular flexibility index (Phi) is 5.69. The predicted molar refractivity (Wildman–Crippen MR) is 147 cm³/mol. The number of rotatable bonds is 5. The highest BCUT2D eigenvalue weighted by atomic mass is 19.1. The van der Waals surface area contributed by atoms with Crippen molar-refractivity contribution in [1.29, 1.82) is 0 Å². The Balaban J connectivity index is 1.27. The average Bonchev–Trinajstić information content (AvgIpc) is 3.37. The van der Waals surface area contributed by atoms with Crippen LogP contribution in [0.15, 0.2) is 67.4 Å². The highest BCUT2D eigenvalue weighted by Gasteiger charge is 2.27. The highest BCUT2D eigenvalue weighted by molar-refractivity contribution is 5.95. The standard InChI is InChI=1S/C29H22F2N8O/c30-18-6-4-15(5-7-18)20-8-9-33-28-25(20)37-26(38-28)22-14-35-39-27-23(22)24(31)21(13-34-27)17-10-19(12-32-11-17)36-29(40)16-2-1-3-16/h4-14,16,35H,1-3H2,(H,34,39)(H,36,40)(H,33,37,38). The van der Waals surface area contributed by atoms with Crippen LogP contribution >= 0.6 is 0 Å². The molecule has 40 heavy (non-hydrogen) atoms. The fourth-order valence-electron chi connectivity index (χ4n) is 4.95. The normalized spacial score (nSPS) is 14.5. The number of nitrogens with zero attached hydrogens (tertiary/aromatic N) is 4. The fraction of sp³-hybridized carbons (Fsp3) is 0.138. The zero-order chi connectivity index (χ0) is 27.2. The Labute approximate surface area is 226 Å². The summed E-state index contributed by atoms with van der Waals surface area (Å²) in [5.74, 6) is -0.228. The van der Waals surface area contributed by atoms with Crippen molar-refractivity contribution in [2.75, 3.05) is 10.7 Å². The number of carbonyl (C=O) groups excluding carboxylic acids is 1. The first-order chi connectivity index (χ1) is 19.5. The van der Waals surface area contributed by atoms with Crippen molar-refractivity contribution >= 4 is 34.1 Å². The van der Waals surface area contributed by atoms with E-state index < -0.39 is 5.82 Å². The molecule has 4 N–H and O–H groups in total. The van der Waals surface area contributed by atoms with E-state index in [1.165, 1.54) is 24.5 Å². The van der Waals surface area contributed by atoms with Gasteiger partial charge in [0.1, 0.15) is 17.5 Å². The van der Waals surface area contributed by atoms with Gasteiger partial charge in [-0.25, -0.2) is 23.7 Å². The number of fused-ring (bicyclic) bond motifs is 2. The summed E-state index contributed by atoms with van der Waals surface area (Å²) in [6.45, 7) is 0. The van der Waals surface area contributed by atoms with Crippen LogP contribution in [0, 0.1) is 17.6 Å². The number of carbonyl (C=O) groups is 1. The molecule has 0 saturated heterocycles. The molecule has 0 spiro atoms. The third-order valence-corrected chi connectivity index (χ3v) is 7.29. The van der Waals surface area contributed by atoms with Gasteiger partial charge in [0.05, 0.1) is 23.0 Å². The second-order valence-electron chi connectivity index (χ2n) is 9.77. The summed E-state index contributed by atoms with van der Waals surface area (Å²) in [5, 5.41) is 2.89. The zero-order valence-electron chi connectivity index (χ0n) is 21.0. The molecule has 0 radical (unpaired) electrons. The van der Waals surface area contributed by atoms with Gasteiger partial charge >= 0.3 is 0 Å². The molecular formula is C29H22F2N8O. The number of benzene rings is 1. The number of halogens is 2. The van der Waals surface area contributed by atoms with Crippen LogP contribution in [-0.2, 0) is 4.79 Å². The summed E-state index contributed by atoms with van der Waals surface area (Å²) in [6, 6.07) is 9.63. The van der Waals surface area contributed by atoms with Gasteiger partial charge in [-0.05, 0) is 42.7 Å². The topological polar surface area (TPSA) is 121 Å². The number of hydrogen-bond acceptors (Lipinski definition) is 7. The van der Waals surface area contributed by atoms with Crippen LogP contribution in [0.25, 0.3) is 39.0 Å². The Morgan fingerprint density at radius 2 is 1.82 bits per heavy atom. The average molecular weight is 537 g/mol. The summed E-state index contributed by atoms with van der Waals surface area (Å²) in [7, 11) is 0. The second-order valence-corrected chi connectivity index (χ2v) is 9.77. The number of amides is 1. The Bertz CT molecular complexity index is 1810. The number of hydrazine groups is 1. The van der Waals surface area contributed by atoms with Crippen molar-refractivity contribution in [3.63, 3.8) is 0 Å². The first-order valence-corrected chi connectivity index (χ1v) is 12.8. The summed E-state index contributed by atoms with van der Waals surface area (Å²) in [5.41, 5.74) is 10.3. The number of imidazole rings is 1. The number of hydrogen-bond donors (Lipinski definition) is 4. The largest absolute Gasteiger partial charge is 0.336 e. The SMILES string of the molecule is O=C(Nc1cncc(-c2cnc3c(c2F)C(c2nc4nccc(-c5ccc(F)cc5)c4[nH]2)=CNN3)c1)C1CCC1. The maximum Gasteiger partial charge on any atom is 0.227 e. The van der Waals surface area contributed by atoms with E-state index in [1.54, 1.807) is 36.8 Å². The minimum absolute atomic E-state index is 0.0129. The minimum atomic E-state index is -0.526. The molecule has 0 atom stereocenters. The van der Waals surface area contributed by atoms with Gasteiger partial charge in [0, 0.05) is 53.0 Å². The number of aromatic amines is 1. The molecule has 1 aromatic carbocycles. The first kappa shape index (κ1) is 23.9. The molecule has 9 nitrogen and oxygen atoms in total. The first-order valence-electron chi connectivity index (χ1n) is 12.8. The Morgan fingerprint density at radius 1 is 0.975 bits per heavy atom. The van der Waals surface area contributed by atoms with Crippen LogP contribution in [0.5, 0.6) is 0 Å². The van der Waals surface area contributed by atoms with Gasteiger partial charge in [0.15, 0.2) is 11.5 Å². The van der Waals surface area contributed by atoms with Gasteiger partial charge in [-0.2, -0.15) is 0 Å². The number of anilines is 2. The lowest BCUT2D eigenvalue weighted by molar-refractivity contribution is -0.122. The van der Waals surface area contributed by atoms with Crippen molar-refractivity contribution < 1.29 is 13.6 Å². The third kappa shape index (κ3) is 4.12. The smallest absolute Gasteiger partial charge is 0.227 e. The molecular weight excluding hydrogens is 514 g/mol. The van der Waals surface area contributed by atoms with Crippen LogP contribution in [0.1, 0.15) is 30.7 Å². The van der Waals surface area contributed by atoms with E-state index in [-0.39, 0.29) is 34.6 Å². The monoisotopic (exact) mass is 536 g/mol. The number of aromatic nitrogens is 5. The molecule has 1 saturated carbocycles. The van der Waals surface area contributed by atoms with Gasteiger partial charge in [-0.15, -0.1) is 0 Å². The number of nitrogens with one attached hydrogen (secondary N) is 4. The van der Waals surface area contributed by atoms with Crippen molar-refractivity contribution in [3.05, 3.63) is 90.4 Å². The van der Waals surface area contributed by atoms with E-state index in [0.717, 1.165) is 30.4 Å². The summed E-state index contributed by atoms with van der Waals surface area (Å²) >= 11 is 0. The molecule has 1 aliphatic heterocycles. The molecule has 5 aromatic rings. The van der Waals surface area contributed by atoms with Crippen molar-refractivity contribution in [3.8, 4) is 22.3 Å². The van der Waals surface area contributed by atoms with Crippen LogP contribution in [0.3, 0.4) is 0 Å². The molecule has 0 unspecified atom stereocenters. The van der Waals surface area contributed by atoms with Gasteiger partial charge in [0.2, 0.25) is 5.91 Å². The predicted octanol–water partition coefficient (Wildman–Crippen LogP) is 5.42. The number of H-pyrrole nitrogens is 1. The third-order valence-electron chi connectivity index (χ3n) is 7.29. The molecule has 2 aliphatic rings. The lowest BCUT2D eigenvalue weighted by Gasteiger charge is -2.24. The van der Waals surface area contributed by atoms with Gasteiger partial charge in [-0.3, -0.25) is 15.2 Å². The number of pyridine rings is 3. The maximum atomic E-state index is 16.2. The highest BCUT2D eigenvalue weighted by Crippen LogP contribution is 2.37. The summed E-state index contributed by atoms with van der Waals surface area (Å²) < 4.78 is 29.8. The van der Waals surface area contributed by atoms with E-state index in [4.69, 9.17) is 0 Å². The summed E-state index contributed by atoms with van der Waals surface area (Å²) in [6.07, 6.45) is 10.5. The molecule has 1 amide bonds. The lowest BCUT2D eigenvalue weighted by atomic mass is 9.85. The van der Waals surface area contributed by atoms with Crippen LogP contribution < -0.4 is 16.2 Å². The Morgan fingerprint density at radius 3 is 2.62 bits per heavy atom. The van der Waals surface area contributed by atoms with Crippen LogP contribution in [0.4, 0.5) is 20.3 Å². The van der Waals surface area contributed by atoms with Crippen molar-refractivity contribution in [2.24, 2.45) is 5.92 Å². The molecule has 1 aliphatic carbocycles. The van der Waals surface area contributed by atoms with Gasteiger partial charge in [0.25, 0.3) is 0 Å². The van der Waals surface area contributed by atoms with E-state index in [0.29, 0.717) is 33.8 Å². The molecule has 7 rings (SSSR count). The molecule has 1 fully saturated rings. The van der Waals surface area contributed by atoms with Crippen molar-refractivity contribution in [2.45, 2.75) is 19.3 Å². The molecule has 5 heterocycles.